The third-order valence-corrected chi connectivity index (χ3v) is 7.01. The number of rotatable bonds is 11. The summed E-state index contributed by atoms with van der Waals surface area (Å²) in [6.45, 7) is 10.3. The van der Waals surface area contributed by atoms with Gasteiger partial charge >= 0.3 is 0 Å². The van der Waals surface area contributed by atoms with Crippen LogP contribution >= 0.6 is 0 Å². The van der Waals surface area contributed by atoms with E-state index in [-0.39, 0.29) is 16.8 Å². The molecule has 186 valence electrons. The summed E-state index contributed by atoms with van der Waals surface area (Å²) in [5.74, 6) is 0.865. The lowest BCUT2D eigenvalue weighted by molar-refractivity contribution is 0.0124. The number of nitrogens with zero attached hydrogens (tertiary/aromatic N) is 1. The molecule has 2 aromatic rings. The van der Waals surface area contributed by atoms with Crippen LogP contribution in [0, 0.1) is 5.92 Å². The van der Waals surface area contributed by atoms with Gasteiger partial charge in [0.15, 0.2) is 0 Å². The maximum atomic E-state index is 12.9. The number of sulfonamides is 1. The molecule has 2 aromatic carbocycles. The normalized spacial score (nSPS) is 15.6. The molecule has 3 rings (SSSR count). The molecule has 0 saturated carbocycles. The minimum atomic E-state index is -3.85. The average Bonchev–Trinajstić information content (AvgIpc) is 2.83. The Labute approximate surface area is 202 Å². The van der Waals surface area contributed by atoms with Crippen LogP contribution in [-0.4, -0.2) is 64.7 Å². The lowest BCUT2D eigenvalue weighted by Crippen LogP contribution is -2.49. The van der Waals surface area contributed by atoms with E-state index in [2.05, 4.69) is 28.8 Å². The summed E-state index contributed by atoms with van der Waals surface area (Å²) in [4.78, 5) is 15.3. The minimum absolute atomic E-state index is 0.0287. The Morgan fingerprint density at radius 3 is 2.47 bits per heavy atom. The number of ether oxygens (including phenoxy) is 2. The van der Waals surface area contributed by atoms with Crippen molar-refractivity contribution in [1.29, 1.82) is 0 Å². The molecule has 0 bridgehead atoms. The number of anilines is 1. The highest BCUT2D eigenvalue weighted by Crippen LogP contribution is 2.20. The zero-order valence-electron chi connectivity index (χ0n) is 20.1. The molecule has 9 heteroatoms. The lowest BCUT2D eigenvalue weighted by atomic mass is 10.0. The standard InChI is InChI=1S/C25H35N3O5S/c1-4-33-23-10-8-21(9-11-23)27-34(30,31)24-7-5-6-20(17-24)25(29)26-18-22(16-19(2)3)28-12-14-32-15-13-28/h5-11,17,19,22,27H,4,12-16,18H2,1-3H3,(H,26,29)/t22-/m1/s1. The van der Waals surface area contributed by atoms with Gasteiger partial charge in [-0.1, -0.05) is 19.9 Å². The van der Waals surface area contributed by atoms with Crippen molar-refractivity contribution in [3.05, 3.63) is 54.1 Å². The van der Waals surface area contributed by atoms with Crippen LogP contribution < -0.4 is 14.8 Å². The molecule has 0 aliphatic carbocycles. The number of nitrogens with one attached hydrogen (secondary N) is 2. The lowest BCUT2D eigenvalue weighted by Gasteiger charge is -2.35. The summed E-state index contributed by atoms with van der Waals surface area (Å²) in [7, 11) is -3.85. The fraction of sp³-hybridized carbons (Fsp3) is 0.480. The molecular formula is C25H35N3O5S. The zero-order valence-corrected chi connectivity index (χ0v) is 20.9. The summed E-state index contributed by atoms with van der Waals surface area (Å²) in [5.41, 5.74) is 0.722. The molecule has 1 atom stereocenters. The van der Waals surface area contributed by atoms with Gasteiger partial charge in [0.2, 0.25) is 0 Å². The van der Waals surface area contributed by atoms with Crippen molar-refractivity contribution < 1.29 is 22.7 Å². The van der Waals surface area contributed by atoms with Crippen molar-refractivity contribution >= 4 is 21.6 Å². The van der Waals surface area contributed by atoms with Crippen LogP contribution in [-0.2, 0) is 14.8 Å². The smallest absolute Gasteiger partial charge is 0.261 e. The van der Waals surface area contributed by atoms with Gasteiger partial charge in [0.25, 0.3) is 15.9 Å². The van der Waals surface area contributed by atoms with Crippen molar-refractivity contribution in [2.75, 3.05) is 44.2 Å². The molecule has 1 amide bonds. The van der Waals surface area contributed by atoms with Crippen LogP contribution in [0.25, 0.3) is 0 Å². The fourth-order valence-electron chi connectivity index (χ4n) is 3.97. The second kappa shape index (κ2) is 12.2. The first kappa shape index (κ1) is 26.0. The number of benzene rings is 2. The molecule has 1 aliphatic heterocycles. The highest BCUT2D eigenvalue weighted by Gasteiger charge is 2.23. The minimum Gasteiger partial charge on any atom is -0.494 e. The molecule has 0 unspecified atom stereocenters. The van der Waals surface area contributed by atoms with Crippen LogP contribution in [0.15, 0.2) is 53.4 Å². The molecule has 34 heavy (non-hydrogen) atoms. The highest BCUT2D eigenvalue weighted by atomic mass is 32.2. The van der Waals surface area contributed by atoms with Crippen LogP contribution in [0.1, 0.15) is 37.6 Å². The van der Waals surface area contributed by atoms with E-state index in [9.17, 15) is 13.2 Å². The Morgan fingerprint density at radius 2 is 1.82 bits per heavy atom. The Balaban J connectivity index is 1.66. The summed E-state index contributed by atoms with van der Waals surface area (Å²) in [6.07, 6.45) is 0.959. The van der Waals surface area contributed by atoms with Crippen molar-refractivity contribution in [3.8, 4) is 5.75 Å². The summed E-state index contributed by atoms with van der Waals surface area (Å²) in [5, 5.41) is 3.00. The third kappa shape index (κ3) is 7.44. The Kier molecular flexibility index (Phi) is 9.32. The van der Waals surface area contributed by atoms with Gasteiger partial charge in [-0.3, -0.25) is 14.4 Å². The third-order valence-electron chi connectivity index (χ3n) is 5.63. The predicted octanol–water partition coefficient (Wildman–Crippen LogP) is 3.36. The second-order valence-electron chi connectivity index (χ2n) is 8.73. The van der Waals surface area contributed by atoms with Crippen molar-refractivity contribution in [2.24, 2.45) is 5.92 Å². The molecule has 0 spiro atoms. The van der Waals surface area contributed by atoms with Gasteiger partial charge in [0, 0.05) is 36.9 Å². The van der Waals surface area contributed by atoms with Crippen LogP contribution in [0.5, 0.6) is 5.75 Å². The molecule has 1 fully saturated rings. The first-order valence-corrected chi connectivity index (χ1v) is 13.2. The van der Waals surface area contributed by atoms with E-state index in [1.165, 1.54) is 12.1 Å². The monoisotopic (exact) mass is 489 g/mol. The Morgan fingerprint density at radius 1 is 1.12 bits per heavy atom. The van der Waals surface area contributed by atoms with Crippen molar-refractivity contribution in [2.45, 2.75) is 38.1 Å². The number of hydrogen-bond acceptors (Lipinski definition) is 6. The van der Waals surface area contributed by atoms with E-state index >= 15 is 0 Å². The summed E-state index contributed by atoms with van der Waals surface area (Å²) >= 11 is 0. The van der Waals surface area contributed by atoms with Crippen LogP contribution in [0.2, 0.25) is 0 Å². The SMILES string of the molecule is CCOc1ccc(NS(=O)(=O)c2cccc(C(=O)NC[C@@H](CC(C)C)N3CCOCC3)c2)cc1. The Hall–Kier alpha value is -2.62. The number of hydrogen-bond donors (Lipinski definition) is 2. The average molecular weight is 490 g/mol. The molecular weight excluding hydrogens is 454 g/mol. The van der Waals surface area contributed by atoms with Crippen molar-refractivity contribution in [3.63, 3.8) is 0 Å². The molecule has 1 aliphatic rings. The number of carbonyl (C=O) groups excluding carboxylic acids is 1. The maximum absolute atomic E-state index is 12.9. The van der Waals surface area contributed by atoms with Gasteiger partial charge in [0.05, 0.1) is 24.7 Å². The zero-order chi connectivity index (χ0) is 24.6. The van der Waals surface area contributed by atoms with Gasteiger partial charge in [0.1, 0.15) is 5.75 Å². The second-order valence-corrected chi connectivity index (χ2v) is 10.4. The van der Waals surface area contributed by atoms with E-state index in [4.69, 9.17) is 9.47 Å². The Bertz CT molecular complexity index is 1030. The molecule has 0 aromatic heterocycles. The van der Waals surface area contributed by atoms with Crippen molar-refractivity contribution in [1.82, 2.24) is 10.2 Å². The molecule has 8 nitrogen and oxygen atoms in total. The largest absolute Gasteiger partial charge is 0.494 e. The van der Waals surface area contributed by atoms with E-state index in [0.717, 1.165) is 19.5 Å². The number of amides is 1. The van der Waals surface area contributed by atoms with E-state index in [1.54, 1.807) is 36.4 Å². The van der Waals surface area contributed by atoms with Crippen LogP contribution in [0.4, 0.5) is 5.69 Å². The number of morpholine rings is 1. The van der Waals surface area contributed by atoms with Gasteiger partial charge in [-0.15, -0.1) is 0 Å². The van der Waals surface area contributed by atoms with Gasteiger partial charge in [-0.25, -0.2) is 8.42 Å². The maximum Gasteiger partial charge on any atom is 0.261 e. The molecule has 1 heterocycles. The summed E-state index contributed by atoms with van der Waals surface area (Å²) in [6, 6.07) is 13.0. The quantitative estimate of drug-likeness (QED) is 0.502. The van der Waals surface area contributed by atoms with Gasteiger partial charge in [-0.05, 0) is 61.7 Å². The van der Waals surface area contributed by atoms with Gasteiger partial charge in [-0.2, -0.15) is 0 Å². The van der Waals surface area contributed by atoms with E-state index in [1.807, 2.05) is 6.92 Å². The highest BCUT2D eigenvalue weighted by molar-refractivity contribution is 7.92. The first-order chi connectivity index (χ1) is 16.3. The molecule has 2 N–H and O–H groups in total. The molecule has 1 saturated heterocycles. The van der Waals surface area contributed by atoms with E-state index in [0.29, 0.717) is 49.3 Å². The summed E-state index contributed by atoms with van der Waals surface area (Å²) < 4.78 is 39.2. The predicted molar refractivity (Wildman–Crippen MR) is 133 cm³/mol. The fourth-order valence-corrected chi connectivity index (χ4v) is 5.07. The van der Waals surface area contributed by atoms with Crippen LogP contribution in [0.3, 0.4) is 0 Å². The topological polar surface area (TPSA) is 97.0 Å². The first-order valence-electron chi connectivity index (χ1n) is 11.7. The number of carbonyl (C=O) groups is 1. The molecule has 0 radical (unpaired) electrons. The van der Waals surface area contributed by atoms with Gasteiger partial charge < -0.3 is 14.8 Å². The van der Waals surface area contributed by atoms with E-state index < -0.39 is 10.0 Å².